The maximum absolute atomic E-state index is 12.3. The largest absolute Gasteiger partial charge is 0.394 e. The Hall–Kier alpha value is -3.49. The van der Waals surface area contributed by atoms with Crippen molar-refractivity contribution in [1.82, 2.24) is 19.5 Å². The number of H-pyrrole nitrogens is 1. The molecule has 1 saturated heterocycles. The second-order valence-electron chi connectivity index (χ2n) is 8.64. The van der Waals surface area contributed by atoms with E-state index >= 15 is 0 Å². The van der Waals surface area contributed by atoms with Crippen molar-refractivity contribution >= 4 is 17.1 Å². The van der Waals surface area contributed by atoms with Crippen LogP contribution in [-0.2, 0) is 16.6 Å². The van der Waals surface area contributed by atoms with Gasteiger partial charge in [-0.2, -0.15) is 4.98 Å². The maximum atomic E-state index is 12.3. The third kappa shape index (κ3) is 2.66. The third-order valence-electron chi connectivity index (χ3n) is 7.04. The smallest absolute Gasteiger partial charge is 0.280 e. The average molecular weight is 429 g/mol. The Morgan fingerprint density at radius 1 is 1.09 bits per heavy atom. The van der Waals surface area contributed by atoms with Crippen molar-refractivity contribution in [2.24, 2.45) is 11.8 Å². The second-order valence-corrected chi connectivity index (χ2v) is 8.64. The van der Waals surface area contributed by atoms with Gasteiger partial charge in [-0.15, -0.1) is 0 Å². The number of aromatic nitrogens is 4. The van der Waals surface area contributed by atoms with Crippen LogP contribution < -0.4 is 11.3 Å². The van der Waals surface area contributed by atoms with Crippen LogP contribution >= 0.6 is 0 Å². The van der Waals surface area contributed by atoms with Gasteiger partial charge < -0.3 is 15.6 Å². The number of benzene rings is 2. The molecule has 1 aliphatic heterocycles. The van der Waals surface area contributed by atoms with Crippen molar-refractivity contribution in [3.05, 3.63) is 88.5 Å². The van der Waals surface area contributed by atoms with Crippen molar-refractivity contribution in [3.63, 3.8) is 0 Å². The number of hydrogen-bond acceptors (Lipinski definition) is 6. The lowest BCUT2D eigenvalue weighted by Gasteiger charge is -2.29. The number of nitrogen functional groups attached to an aromatic ring is 1. The molecule has 0 radical (unpaired) electrons. The number of nitrogens with zero attached hydrogens (tertiary/aromatic N) is 3. The first kappa shape index (κ1) is 19.2. The zero-order chi connectivity index (χ0) is 21.9. The summed E-state index contributed by atoms with van der Waals surface area (Å²) in [6.45, 7) is -0.0795. The highest BCUT2D eigenvalue weighted by Crippen LogP contribution is 2.71. The predicted molar refractivity (Wildman–Crippen MR) is 119 cm³/mol. The Morgan fingerprint density at radius 2 is 1.81 bits per heavy atom. The van der Waals surface area contributed by atoms with Crippen molar-refractivity contribution in [2.45, 2.75) is 24.2 Å². The van der Waals surface area contributed by atoms with Crippen molar-refractivity contribution in [1.29, 1.82) is 0 Å². The van der Waals surface area contributed by atoms with Crippen LogP contribution in [0, 0.1) is 11.8 Å². The lowest BCUT2D eigenvalue weighted by molar-refractivity contribution is -0.0611. The predicted octanol–water partition coefficient (Wildman–Crippen LogP) is 2.02. The number of rotatable bonds is 5. The topological polar surface area (TPSA) is 119 Å². The van der Waals surface area contributed by atoms with Gasteiger partial charge in [0, 0.05) is 17.3 Å². The number of hydrogen-bond donors (Lipinski definition) is 3. The van der Waals surface area contributed by atoms with Gasteiger partial charge in [0.25, 0.3) is 5.56 Å². The molecule has 0 amide bonds. The van der Waals surface area contributed by atoms with E-state index in [4.69, 9.17) is 10.5 Å². The SMILES string of the molecule is Nc1nc2c(ncn2[C@@H]2O[C@@H](CO)[C@@H]3[C@@H]2C3(Cc2ccccc2)c2ccccc2)c(=O)[nH]1. The standard InChI is InChI=1S/C24H23N5O3/c25-23-27-20-19(21(31)28-23)26-13-29(20)22-18-17(16(12-30)32-22)24(18,15-9-5-2-6-10-15)11-14-7-3-1-4-8-14/h1-10,13,16-18,22,30H,11-12H2,(H3,25,27,28,31)/t16-,17+,18-,22+,24?/m0/s1. The molecule has 0 spiro atoms. The van der Waals surface area contributed by atoms with Crippen molar-refractivity contribution in [3.8, 4) is 0 Å². The fourth-order valence-electron chi connectivity index (χ4n) is 5.77. The van der Waals surface area contributed by atoms with E-state index in [1.807, 2.05) is 36.4 Å². The number of imidazole rings is 1. The third-order valence-corrected chi connectivity index (χ3v) is 7.04. The molecular weight excluding hydrogens is 406 g/mol. The van der Waals surface area contributed by atoms with Gasteiger partial charge in [-0.25, -0.2) is 4.98 Å². The second kappa shape index (κ2) is 7.01. The van der Waals surface area contributed by atoms with Crippen LogP contribution in [0.25, 0.3) is 11.2 Å². The first-order chi connectivity index (χ1) is 15.6. The van der Waals surface area contributed by atoms with Gasteiger partial charge in [0.05, 0.1) is 19.0 Å². The summed E-state index contributed by atoms with van der Waals surface area (Å²) in [7, 11) is 0. The summed E-state index contributed by atoms with van der Waals surface area (Å²) in [5.74, 6) is 0.241. The molecule has 4 aromatic rings. The summed E-state index contributed by atoms with van der Waals surface area (Å²) in [4.78, 5) is 23.4. The number of anilines is 1. The van der Waals surface area contributed by atoms with Crippen LogP contribution in [0.2, 0.25) is 0 Å². The zero-order valence-corrected chi connectivity index (χ0v) is 17.3. The molecule has 0 bridgehead atoms. The summed E-state index contributed by atoms with van der Waals surface area (Å²) in [5.41, 5.74) is 8.29. The van der Waals surface area contributed by atoms with Crippen LogP contribution in [0.4, 0.5) is 5.95 Å². The molecule has 2 aliphatic rings. The van der Waals surface area contributed by atoms with Gasteiger partial charge in [-0.1, -0.05) is 60.7 Å². The average Bonchev–Trinajstić information content (AvgIpc) is 3.10. The molecule has 1 unspecified atom stereocenters. The quantitative estimate of drug-likeness (QED) is 0.447. The molecule has 1 aliphatic carbocycles. The Balaban J connectivity index is 1.49. The molecule has 4 N–H and O–H groups in total. The monoisotopic (exact) mass is 429 g/mol. The van der Waals surface area contributed by atoms with E-state index in [0.717, 1.165) is 6.42 Å². The molecule has 162 valence electrons. The number of ether oxygens (including phenoxy) is 1. The van der Waals surface area contributed by atoms with E-state index in [0.29, 0.717) is 5.65 Å². The van der Waals surface area contributed by atoms with Crippen LogP contribution in [0.1, 0.15) is 17.4 Å². The molecule has 8 nitrogen and oxygen atoms in total. The number of nitrogens with two attached hydrogens (primary N) is 1. The Morgan fingerprint density at radius 3 is 2.53 bits per heavy atom. The molecule has 2 aromatic carbocycles. The van der Waals surface area contributed by atoms with Gasteiger partial charge in [-0.3, -0.25) is 14.3 Å². The molecule has 5 atom stereocenters. The molecular formula is C24H23N5O3. The van der Waals surface area contributed by atoms with E-state index in [1.54, 1.807) is 10.9 Å². The summed E-state index contributed by atoms with van der Waals surface area (Å²) >= 11 is 0. The number of aliphatic hydroxyl groups is 1. The van der Waals surface area contributed by atoms with Crippen LogP contribution in [0.15, 0.2) is 71.8 Å². The lowest BCUT2D eigenvalue weighted by atomic mass is 9.83. The minimum atomic E-state index is -0.417. The summed E-state index contributed by atoms with van der Waals surface area (Å²) in [6, 6.07) is 20.8. The van der Waals surface area contributed by atoms with Crippen LogP contribution in [0.3, 0.4) is 0 Å². The van der Waals surface area contributed by atoms with Crippen molar-refractivity contribution in [2.75, 3.05) is 12.3 Å². The minimum Gasteiger partial charge on any atom is -0.394 e. The molecule has 2 aromatic heterocycles. The number of fused-ring (bicyclic) bond motifs is 2. The zero-order valence-electron chi connectivity index (χ0n) is 17.3. The lowest BCUT2D eigenvalue weighted by Crippen LogP contribution is -2.31. The molecule has 6 rings (SSSR count). The summed E-state index contributed by atoms with van der Waals surface area (Å²) < 4.78 is 8.09. The van der Waals surface area contributed by atoms with Gasteiger partial charge in [0.15, 0.2) is 11.2 Å². The van der Waals surface area contributed by atoms with E-state index in [-0.39, 0.29) is 47.0 Å². The van der Waals surface area contributed by atoms with Gasteiger partial charge in [-0.05, 0) is 17.5 Å². The highest BCUT2D eigenvalue weighted by Gasteiger charge is 2.75. The first-order valence-electron chi connectivity index (χ1n) is 10.7. The highest BCUT2D eigenvalue weighted by molar-refractivity contribution is 5.70. The highest BCUT2D eigenvalue weighted by atomic mass is 16.5. The molecule has 2 fully saturated rings. The molecule has 8 heteroatoms. The number of aromatic amines is 1. The number of nitrogens with one attached hydrogen (secondary N) is 1. The van der Waals surface area contributed by atoms with Gasteiger partial charge in [0.2, 0.25) is 5.95 Å². The summed E-state index contributed by atoms with van der Waals surface area (Å²) in [5, 5.41) is 10.2. The van der Waals surface area contributed by atoms with Gasteiger partial charge in [0.1, 0.15) is 6.23 Å². The molecule has 1 saturated carbocycles. The Kier molecular flexibility index (Phi) is 4.21. The Labute approximate surface area is 183 Å². The van der Waals surface area contributed by atoms with Crippen LogP contribution in [-0.4, -0.2) is 37.3 Å². The van der Waals surface area contributed by atoms with Crippen molar-refractivity contribution < 1.29 is 9.84 Å². The summed E-state index contributed by atoms with van der Waals surface area (Å²) in [6.07, 6.45) is 1.67. The van der Waals surface area contributed by atoms with Gasteiger partial charge >= 0.3 is 0 Å². The van der Waals surface area contributed by atoms with E-state index < -0.39 is 6.23 Å². The molecule has 3 heterocycles. The normalized spacial score (nSPS) is 28.7. The van der Waals surface area contributed by atoms with E-state index in [2.05, 4.69) is 39.2 Å². The fourth-order valence-corrected chi connectivity index (χ4v) is 5.77. The number of aliphatic hydroxyl groups excluding tert-OH is 1. The van der Waals surface area contributed by atoms with Crippen LogP contribution in [0.5, 0.6) is 0 Å². The first-order valence-corrected chi connectivity index (χ1v) is 10.7. The minimum absolute atomic E-state index is 0.0342. The molecule has 32 heavy (non-hydrogen) atoms. The Bertz CT molecular complexity index is 1340. The fraction of sp³-hybridized carbons (Fsp3) is 0.292. The van der Waals surface area contributed by atoms with E-state index in [9.17, 15) is 9.90 Å². The van der Waals surface area contributed by atoms with E-state index in [1.165, 1.54) is 11.1 Å². The maximum Gasteiger partial charge on any atom is 0.280 e.